The van der Waals surface area contributed by atoms with Crippen LogP contribution in [0.15, 0.2) is 12.2 Å². The van der Waals surface area contributed by atoms with Crippen LogP contribution in [-0.2, 0) is 23.9 Å². The molecule has 1 atom stereocenters. The Balaban J connectivity index is 2.36. The third kappa shape index (κ3) is 3.38. The van der Waals surface area contributed by atoms with Crippen molar-refractivity contribution in [2.45, 2.75) is 25.9 Å². The molecule has 0 saturated carbocycles. The van der Waals surface area contributed by atoms with Crippen LogP contribution in [0.1, 0.15) is 19.8 Å². The van der Waals surface area contributed by atoms with E-state index in [4.69, 9.17) is 4.74 Å². The topological polar surface area (TPSA) is 69.7 Å². The minimum Gasteiger partial charge on any atom is -0.458 e. The highest BCUT2D eigenvalue weighted by molar-refractivity contribution is 5.91. The lowest BCUT2D eigenvalue weighted by atomic mass is 10.2. The molecule has 1 aliphatic rings. The Hall–Kier alpha value is -1.65. The second-order valence-corrected chi connectivity index (χ2v) is 2.84. The van der Waals surface area contributed by atoms with Gasteiger partial charge in [0.15, 0.2) is 0 Å². The van der Waals surface area contributed by atoms with Gasteiger partial charge in [0.2, 0.25) is 0 Å². The van der Waals surface area contributed by atoms with Crippen molar-refractivity contribution in [3.63, 3.8) is 0 Å². The first kappa shape index (κ1) is 10.4. The van der Waals surface area contributed by atoms with E-state index in [1.165, 1.54) is 6.08 Å². The van der Waals surface area contributed by atoms with Gasteiger partial charge in [-0.15, -0.1) is 0 Å². The van der Waals surface area contributed by atoms with E-state index in [1.54, 1.807) is 0 Å². The van der Waals surface area contributed by atoms with Crippen LogP contribution in [0.25, 0.3) is 0 Å². The molecule has 1 fully saturated rings. The zero-order chi connectivity index (χ0) is 10.6. The van der Waals surface area contributed by atoms with Crippen LogP contribution in [-0.4, -0.2) is 24.0 Å². The number of hydrogen-bond acceptors (Lipinski definition) is 5. The maximum atomic E-state index is 10.8. The Morgan fingerprint density at radius 2 is 2.29 bits per heavy atom. The highest BCUT2D eigenvalue weighted by Gasteiger charge is 2.20. The molecule has 0 aromatic rings. The summed E-state index contributed by atoms with van der Waals surface area (Å²) in [5.41, 5.74) is 0. The van der Waals surface area contributed by atoms with E-state index < -0.39 is 11.9 Å². The molecule has 5 nitrogen and oxygen atoms in total. The molecule has 0 aliphatic carbocycles. The maximum absolute atomic E-state index is 10.8. The molecule has 0 bridgehead atoms. The fraction of sp³-hybridized carbons (Fsp3) is 0.444. The zero-order valence-corrected chi connectivity index (χ0v) is 7.69. The van der Waals surface area contributed by atoms with Gasteiger partial charge in [0.25, 0.3) is 0 Å². The monoisotopic (exact) mass is 198 g/mol. The van der Waals surface area contributed by atoms with Gasteiger partial charge in [-0.05, 0) is 12.5 Å². The predicted molar refractivity (Wildman–Crippen MR) is 45.0 cm³/mol. The minimum absolute atomic E-state index is 0.278. The molecular formula is C9H10O5. The molecule has 0 N–H and O–H groups in total. The lowest BCUT2D eigenvalue weighted by Crippen LogP contribution is -2.08. The summed E-state index contributed by atoms with van der Waals surface area (Å²) in [6.45, 7) is 1.14. The molecule has 1 rings (SSSR count). The Bertz CT molecular complexity index is 292. The number of carbonyl (C=O) groups is 3. The van der Waals surface area contributed by atoms with Crippen molar-refractivity contribution in [1.29, 1.82) is 0 Å². The molecule has 0 aromatic heterocycles. The van der Waals surface area contributed by atoms with Gasteiger partial charge in [-0.1, -0.05) is 0 Å². The van der Waals surface area contributed by atoms with E-state index in [0.29, 0.717) is 12.8 Å². The van der Waals surface area contributed by atoms with Gasteiger partial charge in [-0.25, -0.2) is 4.79 Å². The van der Waals surface area contributed by atoms with Crippen molar-refractivity contribution in [2.24, 2.45) is 0 Å². The molecule has 0 aromatic carbocycles. The Morgan fingerprint density at radius 1 is 1.57 bits per heavy atom. The van der Waals surface area contributed by atoms with Gasteiger partial charge < -0.3 is 9.47 Å². The average Bonchev–Trinajstić information content (AvgIpc) is 2.47. The summed E-state index contributed by atoms with van der Waals surface area (Å²) in [5.74, 6) is -1.69. The first-order valence-electron chi connectivity index (χ1n) is 4.18. The highest BCUT2D eigenvalue weighted by atomic mass is 16.6. The molecule has 0 radical (unpaired) electrons. The standard InChI is InChI=1S/C9H10O5/c1-6(10)13-8(11)4-2-7-3-5-9(12)14-7/h2,4,7H,3,5H2,1H3. The number of carbonyl (C=O) groups excluding carboxylic acids is 3. The molecule has 1 aliphatic heterocycles. The van der Waals surface area contributed by atoms with E-state index >= 15 is 0 Å². The van der Waals surface area contributed by atoms with Crippen LogP contribution in [0, 0.1) is 0 Å². The molecule has 1 heterocycles. The van der Waals surface area contributed by atoms with Crippen LogP contribution >= 0.6 is 0 Å². The average molecular weight is 198 g/mol. The van der Waals surface area contributed by atoms with Crippen LogP contribution in [0.2, 0.25) is 0 Å². The second-order valence-electron chi connectivity index (χ2n) is 2.84. The quantitative estimate of drug-likeness (QED) is 0.363. The Labute approximate surface area is 80.7 Å². The summed E-state index contributed by atoms with van der Waals surface area (Å²) in [6.07, 6.45) is 3.04. The predicted octanol–water partition coefficient (Wildman–Crippen LogP) is 0.338. The summed E-state index contributed by atoms with van der Waals surface area (Å²) in [6, 6.07) is 0. The summed E-state index contributed by atoms with van der Waals surface area (Å²) in [5, 5.41) is 0. The lowest BCUT2D eigenvalue weighted by molar-refractivity contribution is -0.154. The molecular weight excluding hydrogens is 188 g/mol. The first-order valence-corrected chi connectivity index (χ1v) is 4.18. The fourth-order valence-corrected chi connectivity index (χ4v) is 1.04. The van der Waals surface area contributed by atoms with Crippen LogP contribution in [0.5, 0.6) is 0 Å². The largest absolute Gasteiger partial charge is 0.458 e. The summed E-state index contributed by atoms with van der Waals surface area (Å²) in [4.78, 5) is 31.8. The number of esters is 3. The number of cyclic esters (lactones) is 1. The van der Waals surface area contributed by atoms with Gasteiger partial charge in [0, 0.05) is 19.4 Å². The third-order valence-electron chi connectivity index (χ3n) is 1.61. The minimum atomic E-state index is -0.750. The van der Waals surface area contributed by atoms with E-state index in [2.05, 4.69) is 4.74 Å². The van der Waals surface area contributed by atoms with Crippen LogP contribution in [0.4, 0.5) is 0 Å². The third-order valence-corrected chi connectivity index (χ3v) is 1.61. The van der Waals surface area contributed by atoms with Gasteiger partial charge >= 0.3 is 17.9 Å². The van der Waals surface area contributed by atoms with Crippen LogP contribution < -0.4 is 0 Å². The van der Waals surface area contributed by atoms with Gasteiger partial charge in [-0.3, -0.25) is 9.59 Å². The fourth-order valence-electron chi connectivity index (χ4n) is 1.04. The smallest absolute Gasteiger partial charge is 0.338 e. The molecule has 1 saturated heterocycles. The van der Waals surface area contributed by atoms with E-state index in [9.17, 15) is 14.4 Å². The lowest BCUT2D eigenvalue weighted by Gasteiger charge is -2.00. The normalized spacial score (nSPS) is 20.9. The molecule has 1 unspecified atom stereocenters. The number of hydrogen-bond donors (Lipinski definition) is 0. The van der Waals surface area contributed by atoms with Crippen molar-refractivity contribution in [1.82, 2.24) is 0 Å². The van der Waals surface area contributed by atoms with E-state index in [-0.39, 0.29) is 12.1 Å². The van der Waals surface area contributed by atoms with Gasteiger partial charge in [-0.2, -0.15) is 0 Å². The molecule has 0 amide bonds. The zero-order valence-electron chi connectivity index (χ0n) is 7.69. The molecule has 76 valence electrons. The Morgan fingerprint density at radius 3 is 2.79 bits per heavy atom. The molecule has 5 heteroatoms. The van der Waals surface area contributed by atoms with Gasteiger partial charge in [0.1, 0.15) is 6.10 Å². The van der Waals surface area contributed by atoms with E-state index in [1.807, 2.05) is 0 Å². The second kappa shape index (κ2) is 4.55. The van der Waals surface area contributed by atoms with Crippen molar-refractivity contribution in [3.8, 4) is 0 Å². The van der Waals surface area contributed by atoms with Crippen LogP contribution in [0.3, 0.4) is 0 Å². The number of ether oxygens (including phenoxy) is 2. The highest BCUT2D eigenvalue weighted by Crippen LogP contribution is 2.14. The molecule has 0 spiro atoms. The summed E-state index contributed by atoms with van der Waals surface area (Å²) < 4.78 is 9.03. The molecule has 14 heavy (non-hydrogen) atoms. The SMILES string of the molecule is CC(=O)OC(=O)C=CC1CCC(=O)O1. The van der Waals surface area contributed by atoms with Gasteiger partial charge in [0.05, 0.1) is 0 Å². The maximum Gasteiger partial charge on any atom is 0.338 e. The van der Waals surface area contributed by atoms with Crippen molar-refractivity contribution in [3.05, 3.63) is 12.2 Å². The first-order chi connectivity index (χ1) is 6.58. The summed E-state index contributed by atoms with van der Waals surface area (Å²) >= 11 is 0. The van der Waals surface area contributed by atoms with Crippen molar-refractivity contribution in [2.75, 3.05) is 0 Å². The summed E-state index contributed by atoms with van der Waals surface area (Å²) in [7, 11) is 0. The van der Waals surface area contributed by atoms with Crippen molar-refractivity contribution < 1.29 is 23.9 Å². The van der Waals surface area contributed by atoms with E-state index in [0.717, 1.165) is 13.0 Å². The number of rotatable bonds is 2. The Kier molecular flexibility index (Phi) is 3.39. The van der Waals surface area contributed by atoms with Crippen molar-refractivity contribution >= 4 is 17.9 Å².